The minimum atomic E-state index is -0.432. The number of anilines is 1. The van der Waals surface area contributed by atoms with Crippen LogP contribution in [0.1, 0.15) is 35.7 Å². The molecule has 0 aliphatic carbocycles. The van der Waals surface area contributed by atoms with Crippen LogP contribution in [0.25, 0.3) is 11.1 Å². The van der Waals surface area contributed by atoms with Crippen LogP contribution >= 0.6 is 0 Å². The summed E-state index contributed by atoms with van der Waals surface area (Å²) in [5.74, 6) is -0.0756. The summed E-state index contributed by atoms with van der Waals surface area (Å²) in [7, 11) is 0. The third-order valence-corrected chi connectivity index (χ3v) is 3.97. The number of carbonyl (C=O) groups is 1. The van der Waals surface area contributed by atoms with Crippen LogP contribution in [0.2, 0.25) is 0 Å². The molecule has 0 fully saturated rings. The molecular weight excluding hydrogens is 314 g/mol. The molecule has 0 atom stereocenters. The molecule has 2 heterocycles. The van der Waals surface area contributed by atoms with Crippen LogP contribution in [0.5, 0.6) is 0 Å². The molecule has 3 aromatic rings. The van der Waals surface area contributed by atoms with Crippen molar-refractivity contribution >= 4 is 11.6 Å². The molecule has 2 aromatic heterocycles. The van der Waals surface area contributed by atoms with Crippen molar-refractivity contribution in [2.75, 3.05) is 5.32 Å². The third kappa shape index (κ3) is 3.83. The average molecular weight is 333 g/mol. The molecule has 0 aliphatic heterocycles. The lowest BCUT2D eigenvalue weighted by atomic mass is 10.0. The first-order valence-corrected chi connectivity index (χ1v) is 8.09. The first-order valence-electron chi connectivity index (χ1n) is 8.09. The van der Waals surface area contributed by atoms with Gasteiger partial charge in [0.1, 0.15) is 5.56 Å². The maximum Gasteiger partial charge on any atom is 0.261 e. The standard InChI is InChI=1S/C20H19N3O2/c1-13(2)15-4-3-5-17(10-15)23-20(25)18-11-16(12-22-19(18)24)14-6-8-21-9-7-14/h3-13H,1-2H3,(H,22,24)(H,23,25). The molecule has 0 spiro atoms. The Morgan fingerprint density at radius 3 is 2.56 bits per heavy atom. The van der Waals surface area contributed by atoms with E-state index in [2.05, 4.69) is 29.1 Å². The third-order valence-electron chi connectivity index (χ3n) is 3.97. The molecule has 1 amide bonds. The summed E-state index contributed by atoms with van der Waals surface area (Å²) in [6.45, 7) is 4.17. The highest BCUT2D eigenvalue weighted by atomic mass is 16.2. The van der Waals surface area contributed by atoms with Gasteiger partial charge in [0.25, 0.3) is 11.5 Å². The number of aromatic nitrogens is 2. The van der Waals surface area contributed by atoms with Gasteiger partial charge in [-0.25, -0.2) is 0 Å². The zero-order valence-electron chi connectivity index (χ0n) is 14.1. The van der Waals surface area contributed by atoms with Crippen LogP contribution in [-0.2, 0) is 0 Å². The van der Waals surface area contributed by atoms with Gasteiger partial charge in [0.05, 0.1) is 0 Å². The summed E-state index contributed by atoms with van der Waals surface area (Å²) in [5, 5.41) is 2.80. The van der Waals surface area contributed by atoms with E-state index < -0.39 is 11.5 Å². The number of nitrogens with zero attached hydrogens (tertiary/aromatic N) is 1. The van der Waals surface area contributed by atoms with E-state index >= 15 is 0 Å². The minimum Gasteiger partial charge on any atom is -0.328 e. The van der Waals surface area contributed by atoms with Gasteiger partial charge in [-0.2, -0.15) is 0 Å². The largest absolute Gasteiger partial charge is 0.328 e. The summed E-state index contributed by atoms with van der Waals surface area (Å²) in [6, 6.07) is 12.9. The Bertz CT molecular complexity index is 946. The topological polar surface area (TPSA) is 74.8 Å². The molecule has 0 unspecified atom stereocenters. The van der Waals surface area contributed by atoms with Gasteiger partial charge in [0, 0.05) is 24.3 Å². The van der Waals surface area contributed by atoms with Gasteiger partial charge >= 0.3 is 0 Å². The van der Waals surface area contributed by atoms with Crippen LogP contribution in [0.15, 0.2) is 65.8 Å². The second-order valence-corrected chi connectivity index (χ2v) is 6.10. The van der Waals surface area contributed by atoms with Crippen LogP contribution in [0.4, 0.5) is 5.69 Å². The average Bonchev–Trinajstić information content (AvgIpc) is 2.63. The van der Waals surface area contributed by atoms with E-state index in [0.717, 1.165) is 16.7 Å². The molecule has 5 heteroatoms. The van der Waals surface area contributed by atoms with E-state index in [-0.39, 0.29) is 5.56 Å². The van der Waals surface area contributed by atoms with Crippen LogP contribution in [-0.4, -0.2) is 15.9 Å². The van der Waals surface area contributed by atoms with E-state index in [1.807, 2.05) is 36.4 Å². The number of pyridine rings is 2. The monoisotopic (exact) mass is 333 g/mol. The van der Waals surface area contributed by atoms with Crippen molar-refractivity contribution in [3.63, 3.8) is 0 Å². The fourth-order valence-corrected chi connectivity index (χ4v) is 2.54. The van der Waals surface area contributed by atoms with E-state index in [0.29, 0.717) is 11.6 Å². The highest BCUT2D eigenvalue weighted by molar-refractivity contribution is 6.04. The number of hydrogen-bond acceptors (Lipinski definition) is 3. The number of rotatable bonds is 4. The van der Waals surface area contributed by atoms with Crippen LogP contribution in [0.3, 0.4) is 0 Å². The van der Waals surface area contributed by atoms with Crippen LogP contribution in [0, 0.1) is 0 Å². The summed E-state index contributed by atoms with van der Waals surface area (Å²) in [5.41, 5.74) is 3.08. The molecule has 25 heavy (non-hydrogen) atoms. The fourth-order valence-electron chi connectivity index (χ4n) is 2.54. The number of hydrogen-bond donors (Lipinski definition) is 2. The number of amides is 1. The summed E-state index contributed by atoms with van der Waals surface area (Å²) < 4.78 is 0. The van der Waals surface area contributed by atoms with E-state index in [1.165, 1.54) is 0 Å². The van der Waals surface area contributed by atoms with E-state index in [4.69, 9.17) is 0 Å². The molecule has 0 saturated heterocycles. The lowest BCUT2D eigenvalue weighted by molar-refractivity contribution is 0.102. The Labute approximate surface area is 145 Å². The van der Waals surface area contributed by atoms with E-state index in [1.54, 1.807) is 24.7 Å². The first-order chi connectivity index (χ1) is 12.0. The Kier molecular flexibility index (Phi) is 4.75. The number of aromatic amines is 1. The lowest BCUT2D eigenvalue weighted by Gasteiger charge is -2.10. The highest BCUT2D eigenvalue weighted by Gasteiger charge is 2.13. The lowest BCUT2D eigenvalue weighted by Crippen LogP contribution is -2.23. The molecule has 0 aliphatic rings. The molecule has 0 radical (unpaired) electrons. The van der Waals surface area contributed by atoms with Gasteiger partial charge in [0.15, 0.2) is 0 Å². The van der Waals surface area contributed by atoms with Gasteiger partial charge in [0.2, 0.25) is 0 Å². The maximum atomic E-state index is 12.6. The number of H-pyrrole nitrogens is 1. The minimum absolute atomic E-state index is 0.0734. The second-order valence-electron chi connectivity index (χ2n) is 6.10. The van der Waals surface area contributed by atoms with E-state index in [9.17, 15) is 9.59 Å². The quantitative estimate of drug-likeness (QED) is 0.762. The summed E-state index contributed by atoms with van der Waals surface area (Å²) in [6.07, 6.45) is 4.92. The predicted molar refractivity (Wildman–Crippen MR) is 98.8 cm³/mol. The van der Waals surface area contributed by atoms with Crippen molar-refractivity contribution in [2.45, 2.75) is 19.8 Å². The number of carbonyl (C=O) groups excluding carboxylic acids is 1. The first kappa shape index (κ1) is 16.6. The molecule has 1 aromatic carbocycles. The summed E-state index contributed by atoms with van der Waals surface area (Å²) in [4.78, 5) is 31.2. The maximum absolute atomic E-state index is 12.6. The van der Waals surface area contributed by atoms with Crippen molar-refractivity contribution in [1.82, 2.24) is 9.97 Å². The van der Waals surface area contributed by atoms with Gasteiger partial charge in [-0.1, -0.05) is 26.0 Å². The molecule has 3 rings (SSSR count). The normalized spacial score (nSPS) is 10.7. The molecule has 126 valence electrons. The smallest absolute Gasteiger partial charge is 0.261 e. The van der Waals surface area contributed by atoms with Gasteiger partial charge < -0.3 is 10.3 Å². The predicted octanol–water partition coefficient (Wildman–Crippen LogP) is 3.81. The summed E-state index contributed by atoms with van der Waals surface area (Å²) >= 11 is 0. The Hall–Kier alpha value is -3.21. The van der Waals surface area contributed by atoms with Crippen LogP contribution < -0.4 is 10.9 Å². The Morgan fingerprint density at radius 1 is 1.08 bits per heavy atom. The number of benzene rings is 1. The zero-order chi connectivity index (χ0) is 17.8. The molecule has 2 N–H and O–H groups in total. The van der Waals surface area contributed by atoms with Crippen molar-refractivity contribution < 1.29 is 4.79 Å². The fraction of sp³-hybridized carbons (Fsp3) is 0.150. The number of nitrogens with one attached hydrogen (secondary N) is 2. The molecular formula is C20H19N3O2. The van der Waals surface area contributed by atoms with Crippen molar-refractivity contribution in [2.24, 2.45) is 0 Å². The highest BCUT2D eigenvalue weighted by Crippen LogP contribution is 2.20. The molecule has 5 nitrogen and oxygen atoms in total. The van der Waals surface area contributed by atoms with Crippen molar-refractivity contribution in [3.05, 3.63) is 82.5 Å². The Morgan fingerprint density at radius 2 is 1.84 bits per heavy atom. The van der Waals surface area contributed by atoms with Crippen molar-refractivity contribution in [1.29, 1.82) is 0 Å². The second kappa shape index (κ2) is 7.13. The zero-order valence-corrected chi connectivity index (χ0v) is 14.1. The Balaban J connectivity index is 1.90. The molecule has 0 bridgehead atoms. The SMILES string of the molecule is CC(C)c1cccc(NC(=O)c2cc(-c3ccncc3)c[nH]c2=O)c1. The molecule has 0 saturated carbocycles. The van der Waals surface area contributed by atoms with Gasteiger partial charge in [-0.05, 0) is 52.9 Å². The van der Waals surface area contributed by atoms with Gasteiger partial charge in [-0.3, -0.25) is 14.6 Å². The van der Waals surface area contributed by atoms with Crippen molar-refractivity contribution in [3.8, 4) is 11.1 Å². The van der Waals surface area contributed by atoms with Gasteiger partial charge in [-0.15, -0.1) is 0 Å².